The van der Waals surface area contributed by atoms with Gasteiger partial charge in [-0.2, -0.15) is 0 Å². The van der Waals surface area contributed by atoms with Crippen LogP contribution in [-0.2, 0) is 0 Å². The molecule has 2 rings (SSSR count). The van der Waals surface area contributed by atoms with Crippen molar-refractivity contribution in [3.05, 3.63) is 67.1 Å². The fourth-order valence-electron chi connectivity index (χ4n) is 1.50. The lowest BCUT2D eigenvalue weighted by molar-refractivity contribution is 0.103. The van der Waals surface area contributed by atoms with E-state index in [0.29, 0.717) is 25.6 Å². The van der Waals surface area contributed by atoms with E-state index in [0.717, 1.165) is 0 Å². The minimum Gasteiger partial charge on any atom is -0.289 e. The topological polar surface area (TPSA) is 17.1 Å². The zero-order valence-electron chi connectivity index (χ0n) is 8.88. The molecule has 2 aromatic carbocycles. The average Bonchev–Trinajstić information content (AvgIpc) is 2.32. The van der Waals surface area contributed by atoms with E-state index in [2.05, 4.69) is 15.9 Å². The third-order valence-electron chi connectivity index (χ3n) is 2.37. The van der Waals surface area contributed by atoms with Gasteiger partial charge in [-0.25, -0.2) is 0 Å². The quantitative estimate of drug-likeness (QED) is 0.630. The second-order valence-electron chi connectivity index (χ2n) is 3.55. The fourth-order valence-corrected chi connectivity index (χ4v) is 2.75. The van der Waals surface area contributed by atoms with Crippen molar-refractivity contribution in [1.29, 1.82) is 0 Å². The molecule has 0 radical (unpaired) electrons. The standard InChI is InChI=1S/C13H6BrCl3O/c14-10-6-7(15)4-5-8(10)13(18)9-2-1-3-11(16)12(9)17/h1-6H. The first kappa shape index (κ1) is 13.9. The first-order chi connectivity index (χ1) is 8.50. The lowest BCUT2D eigenvalue weighted by Gasteiger charge is -2.07. The van der Waals surface area contributed by atoms with Gasteiger partial charge in [0.2, 0.25) is 0 Å². The molecule has 0 aliphatic rings. The van der Waals surface area contributed by atoms with Crippen LogP contribution in [0.4, 0.5) is 0 Å². The summed E-state index contributed by atoms with van der Waals surface area (Å²) in [6.07, 6.45) is 0. The Morgan fingerprint density at radius 1 is 1.00 bits per heavy atom. The second kappa shape index (κ2) is 5.62. The van der Waals surface area contributed by atoms with Crippen LogP contribution in [-0.4, -0.2) is 5.78 Å². The summed E-state index contributed by atoms with van der Waals surface area (Å²) in [5.41, 5.74) is 0.857. The zero-order valence-corrected chi connectivity index (χ0v) is 12.7. The van der Waals surface area contributed by atoms with E-state index in [-0.39, 0.29) is 10.8 Å². The average molecular weight is 364 g/mol. The van der Waals surface area contributed by atoms with Gasteiger partial charge in [-0.15, -0.1) is 0 Å². The third-order valence-corrected chi connectivity index (χ3v) is 4.08. The van der Waals surface area contributed by atoms with Gasteiger partial charge in [0.1, 0.15) is 0 Å². The molecule has 0 unspecified atom stereocenters. The molecular weight excluding hydrogens is 358 g/mol. The molecule has 0 aliphatic heterocycles. The largest absolute Gasteiger partial charge is 0.289 e. The summed E-state index contributed by atoms with van der Waals surface area (Å²) in [5.74, 6) is -0.203. The lowest BCUT2D eigenvalue weighted by atomic mass is 10.0. The molecule has 2 aromatic rings. The van der Waals surface area contributed by atoms with Gasteiger partial charge >= 0.3 is 0 Å². The summed E-state index contributed by atoms with van der Waals surface area (Å²) in [7, 11) is 0. The molecule has 0 spiro atoms. The Hall–Kier alpha value is -0.540. The van der Waals surface area contributed by atoms with Gasteiger partial charge in [0.05, 0.1) is 10.0 Å². The van der Waals surface area contributed by atoms with Crippen LogP contribution in [0.15, 0.2) is 40.9 Å². The Labute approximate surface area is 128 Å². The highest BCUT2D eigenvalue weighted by Crippen LogP contribution is 2.30. The summed E-state index contributed by atoms with van der Waals surface area (Å²) < 4.78 is 0.621. The Morgan fingerprint density at radius 3 is 2.39 bits per heavy atom. The highest BCUT2D eigenvalue weighted by atomic mass is 79.9. The van der Waals surface area contributed by atoms with E-state index in [1.807, 2.05) is 0 Å². The van der Waals surface area contributed by atoms with Crippen molar-refractivity contribution in [1.82, 2.24) is 0 Å². The van der Waals surface area contributed by atoms with Crippen LogP contribution in [0.2, 0.25) is 15.1 Å². The van der Waals surface area contributed by atoms with Gasteiger partial charge in [0.15, 0.2) is 5.78 Å². The summed E-state index contributed by atoms with van der Waals surface area (Å²) in [6.45, 7) is 0. The molecule has 5 heteroatoms. The van der Waals surface area contributed by atoms with E-state index in [4.69, 9.17) is 34.8 Å². The van der Waals surface area contributed by atoms with E-state index in [1.54, 1.807) is 36.4 Å². The van der Waals surface area contributed by atoms with Crippen LogP contribution in [0.3, 0.4) is 0 Å². The molecule has 1 nitrogen and oxygen atoms in total. The predicted octanol–water partition coefficient (Wildman–Crippen LogP) is 5.64. The number of benzene rings is 2. The van der Waals surface area contributed by atoms with Gasteiger partial charge in [0.25, 0.3) is 0 Å². The maximum Gasteiger partial charge on any atom is 0.195 e. The number of ketones is 1. The van der Waals surface area contributed by atoms with Crippen LogP contribution in [0, 0.1) is 0 Å². The predicted molar refractivity (Wildman–Crippen MR) is 79.0 cm³/mol. The molecule has 92 valence electrons. The van der Waals surface area contributed by atoms with Crippen LogP contribution >= 0.6 is 50.7 Å². The SMILES string of the molecule is O=C(c1ccc(Cl)cc1Br)c1cccc(Cl)c1Cl. The highest BCUT2D eigenvalue weighted by molar-refractivity contribution is 9.10. The maximum absolute atomic E-state index is 12.3. The van der Waals surface area contributed by atoms with Crippen molar-refractivity contribution in [3.63, 3.8) is 0 Å². The molecule has 0 saturated carbocycles. The molecule has 0 heterocycles. The Balaban J connectivity index is 2.51. The van der Waals surface area contributed by atoms with Crippen LogP contribution in [0.25, 0.3) is 0 Å². The van der Waals surface area contributed by atoms with Crippen molar-refractivity contribution in [2.75, 3.05) is 0 Å². The number of carbonyl (C=O) groups excluding carboxylic acids is 1. The van der Waals surface area contributed by atoms with Crippen LogP contribution in [0.1, 0.15) is 15.9 Å². The first-order valence-corrected chi connectivity index (χ1v) is 6.87. The summed E-state index contributed by atoms with van der Waals surface area (Å²) in [4.78, 5) is 12.3. The van der Waals surface area contributed by atoms with Crippen molar-refractivity contribution in [3.8, 4) is 0 Å². The van der Waals surface area contributed by atoms with Crippen molar-refractivity contribution >= 4 is 56.5 Å². The van der Waals surface area contributed by atoms with Crippen LogP contribution < -0.4 is 0 Å². The fraction of sp³-hybridized carbons (Fsp3) is 0. The van der Waals surface area contributed by atoms with Crippen molar-refractivity contribution in [2.24, 2.45) is 0 Å². The Morgan fingerprint density at radius 2 is 1.72 bits per heavy atom. The molecule has 0 amide bonds. The zero-order chi connectivity index (χ0) is 13.3. The normalized spacial score (nSPS) is 10.4. The monoisotopic (exact) mass is 362 g/mol. The van der Waals surface area contributed by atoms with E-state index in [9.17, 15) is 4.79 Å². The molecule has 18 heavy (non-hydrogen) atoms. The molecular formula is C13H6BrCl3O. The smallest absolute Gasteiger partial charge is 0.195 e. The number of hydrogen-bond acceptors (Lipinski definition) is 1. The lowest BCUT2D eigenvalue weighted by Crippen LogP contribution is -2.03. The molecule has 0 N–H and O–H groups in total. The maximum atomic E-state index is 12.3. The molecule has 0 saturated heterocycles. The van der Waals surface area contributed by atoms with Gasteiger partial charge in [-0.05, 0) is 46.3 Å². The van der Waals surface area contributed by atoms with Crippen molar-refractivity contribution < 1.29 is 4.79 Å². The molecule has 0 bridgehead atoms. The molecule has 0 aromatic heterocycles. The van der Waals surface area contributed by atoms with E-state index >= 15 is 0 Å². The Kier molecular flexibility index (Phi) is 4.33. The molecule has 0 fully saturated rings. The number of carbonyl (C=O) groups is 1. The van der Waals surface area contributed by atoms with Gasteiger partial charge in [0, 0.05) is 20.6 Å². The van der Waals surface area contributed by atoms with Gasteiger partial charge in [-0.1, -0.05) is 40.9 Å². The first-order valence-electron chi connectivity index (χ1n) is 4.94. The molecule has 0 aliphatic carbocycles. The van der Waals surface area contributed by atoms with E-state index in [1.165, 1.54) is 0 Å². The summed E-state index contributed by atoms with van der Waals surface area (Å²) >= 11 is 21.1. The van der Waals surface area contributed by atoms with E-state index < -0.39 is 0 Å². The molecule has 0 atom stereocenters. The van der Waals surface area contributed by atoms with Crippen molar-refractivity contribution in [2.45, 2.75) is 0 Å². The summed E-state index contributed by atoms with van der Waals surface area (Å²) in [5, 5.41) is 1.16. The highest BCUT2D eigenvalue weighted by Gasteiger charge is 2.17. The number of halogens is 4. The Bertz CT molecular complexity index is 626. The minimum atomic E-state index is -0.203. The number of rotatable bonds is 2. The second-order valence-corrected chi connectivity index (χ2v) is 5.63. The van der Waals surface area contributed by atoms with Gasteiger partial charge < -0.3 is 0 Å². The van der Waals surface area contributed by atoms with Gasteiger partial charge in [-0.3, -0.25) is 4.79 Å². The third kappa shape index (κ3) is 2.72. The minimum absolute atomic E-state index is 0.203. The summed E-state index contributed by atoms with van der Waals surface area (Å²) in [6, 6.07) is 9.91. The number of hydrogen-bond donors (Lipinski definition) is 0. The van der Waals surface area contributed by atoms with Crippen LogP contribution in [0.5, 0.6) is 0 Å².